The van der Waals surface area contributed by atoms with E-state index >= 15 is 0 Å². The topological polar surface area (TPSA) is 27.1 Å². The lowest BCUT2D eigenvalue weighted by molar-refractivity contribution is 0.245. The van der Waals surface area contributed by atoms with Crippen LogP contribution in [0.5, 0.6) is 5.75 Å². The van der Waals surface area contributed by atoms with Crippen molar-refractivity contribution in [3.8, 4) is 5.75 Å². The van der Waals surface area contributed by atoms with E-state index in [4.69, 9.17) is 21.3 Å². The highest BCUT2D eigenvalue weighted by atomic mass is 35.5. The number of aromatic nitrogens is 2. The number of rotatable bonds is 6. The first-order valence-electron chi connectivity index (χ1n) is 7.89. The van der Waals surface area contributed by atoms with Crippen molar-refractivity contribution in [2.24, 2.45) is 5.92 Å². The Labute approximate surface area is 131 Å². The van der Waals surface area contributed by atoms with E-state index in [1.807, 2.05) is 19.9 Å². The summed E-state index contributed by atoms with van der Waals surface area (Å²) in [6, 6.07) is 6.21. The number of ether oxygens (including phenoxy) is 1. The van der Waals surface area contributed by atoms with Crippen LogP contribution in [0.4, 0.5) is 0 Å². The molecule has 1 aromatic carbocycles. The number of benzene rings is 1. The van der Waals surface area contributed by atoms with Gasteiger partial charge in [-0.25, -0.2) is 4.98 Å². The van der Waals surface area contributed by atoms with Crippen LogP contribution in [0.15, 0.2) is 18.2 Å². The van der Waals surface area contributed by atoms with Gasteiger partial charge in [-0.15, -0.1) is 11.6 Å². The summed E-state index contributed by atoms with van der Waals surface area (Å²) in [5.74, 6) is 3.37. The standard InChI is InChI=1S/C17H23ClN2O/c1-12(2)21-15-8-4-7-14-17(15)19-16(9-10-18)20(14)11-13-5-3-6-13/h4,7-8,12-13H,3,5-6,9-11H2,1-2H3. The zero-order valence-electron chi connectivity index (χ0n) is 12.8. The normalized spacial score (nSPS) is 15.6. The molecule has 0 radical (unpaired) electrons. The van der Waals surface area contributed by atoms with E-state index in [2.05, 4.69) is 16.7 Å². The number of fused-ring (bicyclic) bond motifs is 1. The summed E-state index contributed by atoms with van der Waals surface area (Å²) in [6.45, 7) is 5.15. The first-order valence-corrected chi connectivity index (χ1v) is 8.43. The summed E-state index contributed by atoms with van der Waals surface area (Å²) in [5, 5.41) is 0. The van der Waals surface area contributed by atoms with E-state index in [0.717, 1.165) is 36.0 Å². The molecular formula is C17H23ClN2O. The van der Waals surface area contributed by atoms with Crippen molar-refractivity contribution < 1.29 is 4.74 Å². The van der Waals surface area contributed by atoms with Gasteiger partial charge in [0.05, 0.1) is 11.6 Å². The van der Waals surface area contributed by atoms with Gasteiger partial charge in [0.15, 0.2) is 0 Å². The van der Waals surface area contributed by atoms with Gasteiger partial charge in [0, 0.05) is 18.8 Å². The number of halogens is 1. The highest BCUT2D eigenvalue weighted by Crippen LogP contribution is 2.32. The molecule has 0 amide bonds. The van der Waals surface area contributed by atoms with Crippen molar-refractivity contribution >= 4 is 22.6 Å². The van der Waals surface area contributed by atoms with Crippen LogP contribution >= 0.6 is 11.6 Å². The number of alkyl halides is 1. The van der Waals surface area contributed by atoms with Crippen LogP contribution in [0.2, 0.25) is 0 Å². The molecule has 3 nitrogen and oxygen atoms in total. The Bertz CT molecular complexity index is 617. The van der Waals surface area contributed by atoms with Crippen LogP contribution in [0.25, 0.3) is 11.0 Å². The van der Waals surface area contributed by atoms with Gasteiger partial charge < -0.3 is 9.30 Å². The molecule has 1 aliphatic carbocycles. The van der Waals surface area contributed by atoms with Gasteiger partial charge in [0.25, 0.3) is 0 Å². The summed E-state index contributed by atoms with van der Waals surface area (Å²) in [6.07, 6.45) is 5.00. The molecule has 0 aliphatic heterocycles. The van der Waals surface area contributed by atoms with Crippen molar-refractivity contribution in [1.29, 1.82) is 0 Å². The van der Waals surface area contributed by atoms with Gasteiger partial charge in [-0.2, -0.15) is 0 Å². The average molecular weight is 307 g/mol. The maximum absolute atomic E-state index is 5.96. The Morgan fingerprint density at radius 2 is 2.19 bits per heavy atom. The molecule has 1 heterocycles. The molecule has 0 bridgehead atoms. The molecule has 1 aromatic heterocycles. The molecule has 0 atom stereocenters. The van der Waals surface area contributed by atoms with Crippen LogP contribution in [0, 0.1) is 5.92 Å². The van der Waals surface area contributed by atoms with Gasteiger partial charge in [0.1, 0.15) is 17.1 Å². The second kappa shape index (κ2) is 6.27. The molecule has 3 rings (SSSR count). The molecule has 114 valence electrons. The smallest absolute Gasteiger partial charge is 0.147 e. The Hall–Kier alpha value is -1.22. The van der Waals surface area contributed by atoms with E-state index in [-0.39, 0.29) is 6.10 Å². The maximum atomic E-state index is 5.96. The fourth-order valence-corrected chi connectivity index (χ4v) is 3.10. The molecule has 21 heavy (non-hydrogen) atoms. The summed E-state index contributed by atoms with van der Waals surface area (Å²) in [5.41, 5.74) is 2.16. The molecule has 0 spiro atoms. The fourth-order valence-electron chi connectivity index (χ4n) is 2.93. The molecule has 0 N–H and O–H groups in total. The molecule has 2 aromatic rings. The van der Waals surface area contributed by atoms with Gasteiger partial charge in [-0.1, -0.05) is 12.5 Å². The Kier molecular flexibility index (Phi) is 4.39. The Morgan fingerprint density at radius 1 is 1.38 bits per heavy atom. The first kappa shape index (κ1) is 14.7. The highest BCUT2D eigenvalue weighted by Gasteiger charge is 2.22. The van der Waals surface area contributed by atoms with Crippen molar-refractivity contribution in [1.82, 2.24) is 9.55 Å². The third-order valence-corrected chi connectivity index (χ3v) is 4.36. The number of imidazole rings is 1. The van der Waals surface area contributed by atoms with E-state index in [1.54, 1.807) is 0 Å². The lowest BCUT2D eigenvalue weighted by atomic mass is 9.85. The number of hydrogen-bond donors (Lipinski definition) is 0. The third-order valence-electron chi connectivity index (χ3n) is 4.17. The molecular weight excluding hydrogens is 284 g/mol. The number of para-hydroxylation sites is 1. The zero-order valence-corrected chi connectivity index (χ0v) is 13.6. The summed E-state index contributed by atoms with van der Waals surface area (Å²) in [4.78, 5) is 4.82. The lowest BCUT2D eigenvalue weighted by Crippen LogP contribution is -2.19. The van der Waals surface area contributed by atoms with Crippen LogP contribution in [-0.2, 0) is 13.0 Å². The van der Waals surface area contributed by atoms with E-state index < -0.39 is 0 Å². The minimum atomic E-state index is 0.156. The zero-order chi connectivity index (χ0) is 14.8. The maximum Gasteiger partial charge on any atom is 0.147 e. The summed E-state index contributed by atoms with van der Waals surface area (Å²) in [7, 11) is 0. The van der Waals surface area contributed by atoms with E-state index in [0.29, 0.717) is 5.88 Å². The fraction of sp³-hybridized carbons (Fsp3) is 0.588. The second-order valence-electron chi connectivity index (χ2n) is 6.17. The molecule has 4 heteroatoms. The average Bonchev–Trinajstić information content (AvgIpc) is 2.73. The van der Waals surface area contributed by atoms with Crippen molar-refractivity contribution in [3.63, 3.8) is 0 Å². The molecule has 1 aliphatic rings. The largest absolute Gasteiger partial charge is 0.489 e. The molecule has 1 saturated carbocycles. The predicted molar refractivity (Wildman–Crippen MR) is 87.3 cm³/mol. The molecule has 1 fully saturated rings. The van der Waals surface area contributed by atoms with Gasteiger partial charge >= 0.3 is 0 Å². The van der Waals surface area contributed by atoms with Crippen molar-refractivity contribution in [2.45, 2.75) is 52.2 Å². The summed E-state index contributed by atoms with van der Waals surface area (Å²) >= 11 is 5.96. The SMILES string of the molecule is CC(C)Oc1cccc2c1nc(CCCl)n2CC1CCC1. The van der Waals surface area contributed by atoms with Gasteiger partial charge in [-0.3, -0.25) is 0 Å². The highest BCUT2D eigenvalue weighted by molar-refractivity contribution is 6.17. The molecule has 0 unspecified atom stereocenters. The number of aryl methyl sites for hydroxylation is 1. The second-order valence-corrected chi connectivity index (χ2v) is 6.54. The molecule has 0 saturated heterocycles. The van der Waals surface area contributed by atoms with Crippen LogP contribution in [-0.4, -0.2) is 21.5 Å². The van der Waals surface area contributed by atoms with Crippen molar-refractivity contribution in [3.05, 3.63) is 24.0 Å². The van der Waals surface area contributed by atoms with Crippen LogP contribution < -0.4 is 4.74 Å². The monoisotopic (exact) mass is 306 g/mol. The first-order chi connectivity index (χ1) is 10.2. The predicted octanol–water partition coefficient (Wildman–Crippen LogP) is 4.40. The van der Waals surface area contributed by atoms with Crippen LogP contribution in [0.1, 0.15) is 38.9 Å². The van der Waals surface area contributed by atoms with E-state index in [9.17, 15) is 0 Å². The minimum Gasteiger partial charge on any atom is -0.489 e. The Morgan fingerprint density at radius 3 is 2.81 bits per heavy atom. The van der Waals surface area contributed by atoms with Crippen molar-refractivity contribution in [2.75, 3.05) is 5.88 Å². The quantitative estimate of drug-likeness (QED) is 0.739. The number of hydrogen-bond acceptors (Lipinski definition) is 2. The van der Waals surface area contributed by atoms with Gasteiger partial charge in [0.2, 0.25) is 0 Å². The van der Waals surface area contributed by atoms with Gasteiger partial charge in [-0.05, 0) is 44.7 Å². The van der Waals surface area contributed by atoms with E-state index in [1.165, 1.54) is 24.8 Å². The lowest BCUT2D eigenvalue weighted by Gasteiger charge is -2.26. The number of nitrogens with zero attached hydrogens (tertiary/aromatic N) is 2. The van der Waals surface area contributed by atoms with Crippen LogP contribution in [0.3, 0.4) is 0 Å². The Balaban J connectivity index is 2.02. The third kappa shape index (κ3) is 3.03. The minimum absolute atomic E-state index is 0.156. The summed E-state index contributed by atoms with van der Waals surface area (Å²) < 4.78 is 8.27.